The van der Waals surface area contributed by atoms with Crippen LogP contribution in [-0.4, -0.2) is 15.0 Å². The summed E-state index contributed by atoms with van der Waals surface area (Å²) in [6.07, 6.45) is 2.42. The molecule has 0 radical (unpaired) electrons. The van der Waals surface area contributed by atoms with Crippen LogP contribution >= 0.6 is 11.3 Å². The molecule has 0 atom stereocenters. The first-order chi connectivity index (χ1) is 8.93. The predicted octanol–water partition coefficient (Wildman–Crippen LogP) is 3.36. The fourth-order valence-corrected chi connectivity index (χ4v) is 2.80. The van der Waals surface area contributed by atoms with E-state index in [1.807, 2.05) is 11.4 Å². The molecule has 1 aliphatic rings. The average molecular weight is 274 g/mol. The summed E-state index contributed by atoms with van der Waals surface area (Å²) in [5.74, 6) is 1.77. The number of hydrogen-bond acceptors (Lipinski definition) is 5. The van der Waals surface area contributed by atoms with Gasteiger partial charge in [-0.25, -0.2) is 15.0 Å². The molecule has 0 spiro atoms. The molecule has 2 N–H and O–H groups in total. The van der Waals surface area contributed by atoms with Gasteiger partial charge in [0.15, 0.2) is 5.82 Å². The molecular weight excluding hydrogens is 256 g/mol. The molecule has 1 saturated carbocycles. The third kappa shape index (κ3) is 2.61. The Labute approximate surface area is 117 Å². The number of nitrogens with zero attached hydrogens (tertiary/aromatic N) is 3. The van der Waals surface area contributed by atoms with Gasteiger partial charge >= 0.3 is 0 Å². The quantitative estimate of drug-likeness (QED) is 0.912. The lowest BCUT2D eigenvalue weighted by molar-refractivity contribution is 0.586. The van der Waals surface area contributed by atoms with Crippen LogP contribution in [0.2, 0.25) is 0 Å². The van der Waals surface area contributed by atoms with Gasteiger partial charge in [-0.3, -0.25) is 0 Å². The summed E-state index contributed by atoms with van der Waals surface area (Å²) in [6, 6.07) is 1.89. The van der Waals surface area contributed by atoms with Gasteiger partial charge in [0.25, 0.3) is 0 Å². The lowest BCUT2D eigenvalue weighted by atomic mass is 9.98. The maximum Gasteiger partial charge on any atom is 0.181 e. The first-order valence-electron chi connectivity index (χ1n) is 6.54. The summed E-state index contributed by atoms with van der Waals surface area (Å²) < 4.78 is 0. The van der Waals surface area contributed by atoms with Crippen molar-refractivity contribution in [1.29, 1.82) is 0 Å². The molecule has 0 bridgehead atoms. The molecule has 5 heteroatoms. The van der Waals surface area contributed by atoms with Crippen molar-refractivity contribution in [1.82, 2.24) is 15.0 Å². The van der Waals surface area contributed by atoms with Crippen LogP contribution in [0.15, 0.2) is 11.4 Å². The van der Waals surface area contributed by atoms with Crippen molar-refractivity contribution in [2.45, 2.75) is 44.9 Å². The zero-order chi connectivity index (χ0) is 13.6. The van der Waals surface area contributed by atoms with Gasteiger partial charge in [0.05, 0.1) is 5.01 Å². The number of hydrogen-bond donors (Lipinski definition) is 1. The van der Waals surface area contributed by atoms with E-state index >= 15 is 0 Å². The van der Waals surface area contributed by atoms with Gasteiger partial charge in [-0.2, -0.15) is 0 Å². The molecule has 0 unspecified atom stereocenters. The van der Waals surface area contributed by atoms with Crippen molar-refractivity contribution < 1.29 is 0 Å². The number of nitrogen functional groups attached to an aromatic ring is 1. The van der Waals surface area contributed by atoms with E-state index in [0.29, 0.717) is 17.6 Å². The number of aromatic nitrogens is 3. The monoisotopic (exact) mass is 274 g/mol. The normalized spacial score (nSPS) is 15.7. The van der Waals surface area contributed by atoms with Crippen molar-refractivity contribution in [3.05, 3.63) is 22.1 Å². The van der Waals surface area contributed by atoms with Gasteiger partial charge in [0.2, 0.25) is 0 Å². The summed E-state index contributed by atoms with van der Waals surface area (Å²) in [5.41, 5.74) is 7.84. The maximum absolute atomic E-state index is 5.88. The highest BCUT2D eigenvalue weighted by Crippen LogP contribution is 2.40. The van der Waals surface area contributed by atoms with E-state index < -0.39 is 0 Å². The zero-order valence-corrected chi connectivity index (χ0v) is 12.3. The van der Waals surface area contributed by atoms with Crippen LogP contribution in [0, 0.1) is 0 Å². The second-order valence-corrected chi connectivity index (χ2v) is 6.96. The van der Waals surface area contributed by atoms with Crippen LogP contribution in [0.1, 0.15) is 50.2 Å². The van der Waals surface area contributed by atoms with Crippen LogP contribution in [0.4, 0.5) is 5.82 Å². The number of anilines is 1. The van der Waals surface area contributed by atoms with Crippen molar-refractivity contribution in [3.63, 3.8) is 0 Å². The van der Waals surface area contributed by atoms with Crippen LogP contribution in [0.3, 0.4) is 0 Å². The molecule has 0 saturated heterocycles. The Balaban J connectivity index is 1.99. The number of nitrogens with two attached hydrogens (primary N) is 1. The van der Waals surface area contributed by atoms with E-state index in [9.17, 15) is 0 Å². The average Bonchev–Trinajstić information content (AvgIpc) is 3.03. The topological polar surface area (TPSA) is 64.7 Å². The van der Waals surface area contributed by atoms with Gasteiger partial charge in [-0.15, -0.1) is 11.3 Å². The Morgan fingerprint density at radius 3 is 2.53 bits per heavy atom. The minimum atomic E-state index is 0.0581. The first-order valence-corrected chi connectivity index (χ1v) is 7.42. The highest BCUT2D eigenvalue weighted by molar-refractivity contribution is 7.10. The maximum atomic E-state index is 5.88. The first kappa shape index (κ1) is 12.5. The Bertz CT molecular complexity index is 608. The molecule has 4 nitrogen and oxygen atoms in total. The van der Waals surface area contributed by atoms with Crippen LogP contribution in [0.25, 0.3) is 11.5 Å². The lowest BCUT2D eigenvalue weighted by Gasteiger charge is -2.13. The summed E-state index contributed by atoms with van der Waals surface area (Å²) in [6.45, 7) is 6.47. The van der Waals surface area contributed by atoms with Crippen molar-refractivity contribution in [2.75, 3.05) is 5.73 Å². The standard InChI is InChI=1S/C14H18N4S/c1-14(2,3)13-17-10(7-19-13)12-16-9(8-4-5-8)6-11(15)18-12/h6-8H,4-5H2,1-3H3,(H2,15,16,18). The summed E-state index contributed by atoms with van der Waals surface area (Å²) in [5, 5.41) is 3.12. The zero-order valence-electron chi connectivity index (χ0n) is 11.5. The molecular formula is C14H18N4S. The van der Waals surface area contributed by atoms with Crippen LogP contribution in [0.5, 0.6) is 0 Å². The second-order valence-electron chi connectivity index (χ2n) is 6.10. The molecule has 0 amide bonds. The highest BCUT2D eigenvalue weighted by atomic mass is 32.1. The summed E-state index contributed by atoms with van der Waals surface area (Å²) in [7, 11) is 0. The smallest absolute Gasteiger partial charge is 0.181 e. The summed E-state index contributed by atoms with van der Waals surface area (Å²) in [4.78, 5) is 13.6. The van der Waals surface area contributed by atoms with Crippen LogP contribution in [-0.2, 0) is 5.41 Å². The Morgan fingerprint density at radius 2 is 1.95 bits per heavy atom. The van der Waals surface area contributed by atoms with Gasteiger partial charge in [0.1, 0.15) is 11.5 Å². The van der Waals surface area contributed by atoms with E-state index in [2.05, 4.69) is 35.7 Å². The molecule has 1 fully saturated rings. The van der Waals surface area contributed by atoms with E-state index in [4.69, 9.17) is 5.73 Å². The molecule has 0 aromatic carbocycles. The number of rotatable bonds is 2. The van der Waals surface area contributed by atoms with E-state index in [1.54, 1.807) is 11.3 Å². The van der Waals surface area contributed by atoms with Crippen molar-refractivity contribution in [2.24, 2.45) is 0 Å². The van der Waals surface area contributed by atoms with Gasteiger partial charge in [0, 0.05) is 28.5 Å². The van der Waals surface area contributed by atoms with Gasteiger partial charge < -0.3 is 5.73 Å². The SMILES string of the molecule is CC(C)(C)c1nc(-c2nc(N)cc(C3CC3)n2)cs1. The Hall–Kier alpha value is -1.49. The fourth-order valence-electron chi connectivity index (χ4n) is 1.91. The Morgan fingerprint density at radius 1 is 1.21 bits per heavy atom. The number of thiazole rings is 1. The van der Waals surface area contributed by atoms with E-state index in [1.165, 1.54) is 12.8 Å². The minimum Gasteiger partial charge on any atom is -0.384 e. The summed E-state index contributed by atoms with van der Waals surface area (Å²) >= 11 is 1.66. The lowest BCUT2D eigenvalue weighted by Crippen LogP contribution is -2.10. The molecule has 100 valence electrons. The highest BCUT2D eigenvalue weighted by Gasteiger charge is 2.26. The predicted molar refractivity (Wildman–Crippen MR) is 78.2 cm³/mol. The third-order valence-electron chi connectivity index (χ3n) is 3.14. The van der Waals surface area contributed by atoms with Crippen LogP contribution < -0.4 is 5.73 Å². The molecule has 2 aromatic heterocycles. The van der Waals surface area contributed by atoms with Gasteiger partial charge in [-0.05, 0) is 12.8 Å². The van der Waals surface area contributed by atoms with Crippen molar-refractivity contribution in [3.8, 4) is 11.5 Å². The van der Waals surface area contributed by atoms with E-state index in [-0.39, 0.29) is 5.41 Å². The fraction of sp³-hybridized carbons (Fsp3) is 0.500. The Kier molecular flexibility index (Phi) is 2.82. The molecule has 19 heavy (non-hydrogen) atoms. The molecule has 2 heterocycles. The van der Waals surface area contributed by atoms with Gasteiger partial charge in [-0.1, -0.05) is 20.8 Å². The molecule has 2 aromatic rings. The molecule has 1 aliphatic carbocycles. The van der Waals surface area contributed by atoms with Crippen molar-refractivity contribution >= 4 is 17.2 Å². The molecule has 3 rings (SSSR count). The minimum absolute atomic E-state index is 0.0581. The van der Waals surface area contributed by atoms with E-state index in [0.717, 1.165) is 16.4 Å². The third-order valence-corrected chi connectivity index (χ3v) is 4.40. The second kappa shape index (κ2) is 4.27. The molecule has 0 aliphatic heterocycles. The largest absolute Gasteiger partial charge is 0.384 e.